The Morgan fingerprint density at radius 1 is 1.37 bits per heavy atom. The number of nitrogen functional groups attached to an aromatic ring is 1. The number of alkyl halides is 3. The predicted molar refractivity (Wildman–Crippen MR) is 70.1 cm³/mol. The summed E-state index contributed by atoms with van der Waals surface area (Å²) in [7, 11) is 0. The normalized spacial score (nSPS) is 23.8. The molecule has 6 heteroatoms. The first-order chi connectivity index (χ1) is 8.86. The summed E-state index contributed by atoms with van der Waals surface area (Å²) in [4.78, 5) is 0.677. The molecule has 1 aromatic carbocycles. The van der Waals surface area contributed by atoms with Crippen molar-refractivity contribution < 1.29 is 17.9 Å². The molecule has 0 spiro atoms. The van der Waals surface area contributed by atoms with Crippen molar-refractivity contribution in [1.29, 1.82) is 0 Å². The summed E-state index contributed by atoms with van der Waals surface area (Å²) in [5.74, 6) is 0.722. The minimum atomic E-state index is -4.35. The summed E-state index contributed by atoms with van der Waals surface area (Å²) in [5, 5.41) is 0. The Kier molecular flexibility index (Phi) is 4.30. The summed E-state index contributed by atoms with van der Waals surface area (Å²) < 4.78 is 43.1. The van der Waals surface area contributed by atoms with Gasteiger partial charge in [-0.3, -0.25) is 0 Å². The molecule has 1 aromatic rings. The van der Waals surface area contributed by atoms with Crippen LogP contribution >= 0.6 is 11.8 Å². The molecule has 2 rings (SSSR count). The molecule has 106 valence electrons. The van der Waals surface area contributed by atoms with E-state index in [-0.39, 0.29) is 17.9 Å². The molecule has 2 N–H and O–H groups in total. The number of hydrogen-bond donors (Lipinski definition) is 1. The van der Waals surface area contributed by atoms with Crippen molar-refractivity contribution in [3.05, 3.63) is 23.8 Å². The fraction of sp³-hybridized carbons (Fsp3) is 0.538. The molecule has 0 radical (unpaired) electrons. The van der Waals surface area contributed by atoms with Crippen molar-refractivity contribution in [2.75, 3.05) is 11.5 Å². The number of halogens is 3. The molecule has 1 heterocycles. The third-order valence-electron chi connectivity index (χ3n) is 3.08. The molecule has 1 fully saturated rings. The van der Waals surface area contributed by atoms with E-state index in [0.717, 1.165) is 30.7 Å². The minimum absolute atomic E-state index is 0.168. The van der Waals surface area contributed by atoms with Crippen LogP contribution in [0.15, 0.2) is 23.1 Å². The lowest BCUT2D eigenvalue weighted by Gasteiger charge is -2.13. The molecule has 0 amide bonds. The number of anilines is 1. The molecule has 0 aliphatic carbocycles. The van der Waals surface area contributed by atoms with Crippen LogP contribution in [0.2, 0.25) is 0 Å². The first kappa shape index (κ1) is 14.5. The van der Waals surface area contributed by atoms with Crippen molar-refractivity contribution in [3.63, 3.8) is 0 Å². The highest BCUT2D eigenvalue weighted by Crippen LogP contribution is 2.35. The van der Waals surface area contributed by atoms with Crippen LogP contribution in [0.5, 0.6) is 0 Å². The number of thioether (sulfide) groups is 1. The lowest BCUT2D eigenvalue weighted by molar-refractivity contribution is -0.137. The lowest BCUT2D eigenvalue weighted by atomic mass is 10.2. The SMILES string of the molecule is CC1CCC(CSc2ccc(C(F)(F)F)cc2N)O1. The van der Waals surface area contributed by atoms with Gasteiger partial charge < -0.3 is 10.5 Å². The van der Waals surface area contributed by atoms with Gasteiger partial charge in [0.25, 0.3) is 0 Å². The van der Waals surface area contributed by atoms with Crippen molar-refractivity contribution in [2.45, 2.75) is 43.0 Å². The van der Waals surface area contributed by atoms with Gasteiger partial charge in [0.05, 0.1) is 17.8 Å². The number of rotatable bonds is 3. The molecule has 1 aliphatic rings. The molecule has 2 atom stereocenters. The standard InChI is InChI=1S/C13H16F3NOS/c1-8-2-4-10(18-8)7-19-12-5-3-9(6-11(12)17)13(14,15)16/h3,5-6,8,10H,2,4,7,17H2,1H3. The number of nitrogens with two attached hydrogens (primary N) is 1. The Morgan fingerprint density at radius 2 is 2.11 bits per heavy atom. The maximum Gasteiger partial charge on any atom is 0.416 e. The van der Waals surface area contributed by atoms with E-state index in [0.29, 0.717) is 4.90 Å². The van der Waals surface area contributed by atoms with Gasteiger partial charge in [0, 0.05) is 16.3 Å². The van der Waals surface area contributed by atoms with Gasteiger partial charge in [-0.25, -0.2) is 0 Å². The van der Waals surface area contributed by atoms with E-state index < -0.39 is 11.7 Å². The van der Waals surface area contributed by atoms with E-state index in [1.54, 1.807) is 0 Å². The summed E-state index contributed by atoms with van der Waals surface area (Å²) >= 11 is 1.45. The van der Waals surface area contributed by atoms with E-state index in [1.165, 1.54) is 17.8 Å². The third-order valence-corrected chi connectivity index (χ3v) is 4.30. The quantitative estimate of drug-likeness (QED) is 0.676. The van der Waals surface area contributed by atoms with Crippen molar-refractivity contribution in [2.24, 2.45) is 0 Å². The molecule has 0 aromatic heterocycles. The zero-order chi connectivity index (χ0) is 14.0. The van der Waals surface area contributed by atoms with Crippen molar-refractivity contribution in [1.82, 2.24) is 0 Å². The topological polar surface area (TPSA) is 35.2 Å². The highest BCUT2D eigenvalue weighted by atomic mass is 32.2. The zero-order valence-corrected chi connectivity index (χ0v) is 11.4. The molecular formula is C13H16F3NOS. The van der Waals surface area contributed by atoms with Crippen LogP contribution in [0.25, 0.3) is 0 Å². The van der Waals surface area contributed by atoms with Gasteiger partial charge >= 0.3 is 6.18 Å². The van der Waals surface area contributed by atoms with E-state index in [9.17, 15) is 13.2 Å². The fourth-order valence-corrected chi connectivity index (χ4v) is 3.05. The number of benzene rings is 1. The second-order valence-electron chi connectivity index (χ2n) is 4.71. The van der Waals surface area contributed by atoms with Crippen LogP contribution in [0.3, 0.4) is 0 Å². The van der Waals surface area contributed by atoms with Gasteiger partial charge in [-0.05, 0) is 38.0 Å². The highest BCUT2D eigenvalue weighted by molar-refractivity contribution is 7.99. The largest absolute Gasteiger partial charge is 0.416 e. The molecule has 2 nitrogen and oxygen atoms in total. The monoisotopic (exact) mass is 291 g/mol. The fourth-order valence-electron chi connectivity index (χ4n) is 2.05. The van der Waals surface area contributed by atoms with Gasteiger partial charge in [-0.15, -0.1) is 11.8 Å². The average Bonchev–Trinajstić information content (AvgIpc) is 2.72. The average molecular weight is 291 g/mol. The smallest absolute Gasteiger partial charge is 0.398 e. The van der Waals surface area contributed by atoms with Crippen molar-refractivity contribution >= 4 is 17.4 Å². The van der Waals surface area contributed by atoms with Crippen LogP contribution in [-0.2, 0) is 10.9 Å². The van der Waals surface area contributed by atoms with Crippen LogP contribution in [-0.4, -0.2) is 18.0 Å². The van der Waals surface area contributed by atoms with Gasteiger partial charge in [-0.2, -0.15) is 13.2 Å². The summed E-state index contributed by atoms with van der Waals surface area (Å²) in [5.41, 5.74) is 5.13. The van der Waals surface area contributed by atoms with E-state index >= 15 is 0 Å². The summed E-state index contributed by atoms with van der Waals surface area (Å²) in [6.45, 7) is 2.02. The second-order valence-corrected chi connectivity index (χ2v) is 5.77. The van der Waals surface area contributed by atoms with E-state index in [2.05, 4.69) is 0 Å². The van der Waals surface area contributed by atoms with Gasteiger partial charge in [-0.1, -0.05) is 0 Å². The highest BCUT2D eigenvalue weighted by Gasteiger charge is 2.31. The van der Waals surface area contributed by atoms with Crippen molar-refractivity contribution in [3.8, 4) is 0 Å². The van der Waals surface area contributed by atoms with Crippen LogP contribution in [0.1, 0.15) is 25.3 Å². The third kappa shape index (κ3) is 3.79. The molecule has 19 heavy (non-hydrogen) atoms. The van der Waals surface area contributed by atoms with E-state index in [4.69, 9.17) is 10.5 Å². The first-order valence-electron chi connectivity index (χ1n) is 6.11. The lowest BCUT2D eigenvalue weighted by Crippen LogP contribution is -2.11. The first-order valence-corrected chi connectivity index (χ1v) is 7.10. The number of hydrogen-bond acceptors (Lipinski definition) is 3. The molecule has 0 saturated carbocycles. The predicted octanol–water partition coefficient (Wildman–Crippen LogP) is 3.95. The summed E-state index contributed by atoms with van der Waals surface area (Å²) in [6, 6.07) is 3.48. The second kappa shape index (κ2) is 5.63. The summed E-state index contributed by atoms with van der Waals surface area (Å²) in [6.07, 6.45) is -1.87. The van der Waals surface area contributed by atoms with Crippen LogP contribution in [0, 0.1) is 0 Å². The Balaban J connectivity index is 1.98. The maximum absolute atomic E-state index is 12.5. The molecular weight excluding hydrogens is 275 g/mol. The molecule has 0 bridgehead atoms. The molecule has 1 aliphatic heterocycles. The van der Waals surface area contributed by atoms with Crippen LogP contribution < -0.4 is 5.73 Å². The Bertz CT molecular complexity index is 450. The van der Waals surface area contributed by atoms with Gasteiger partial charge in [0.2, 0.25) is 0 Å². The van der Waals surface area contributed by atoms with E-state index in [1.807, 2.05) is 6.92 Å². The Labute approximate surface area is 114 Å². The zero-order valence-electron chi connectivity index (χ0n) is 10.5. The molecule has 1 saturated heterocycles. The van der Waals surface area contributed by atoms with Gasteiger partial charge in [0.15, 0.2) is 0 Å². The van der Waals surface area contributed by atoms with Gasteiger partial charge in [0.1, 0.15) is 0 Å². The minimum Gasteiger partial charge on any atom is -0.398 e. The maximum atomic E-state index is 12.5. The van der Waals surface area contributed by atoms with Crippen LogP contribution in [0.4, 0.5) is 18.9 Å². The molecule has 2 unspecified atom stereocenters. The Morgan fingerprint density at radius 3 is 2.63 bits per heavy atom. The number of ether oxygens (including phenoxy) is 1. The Hall–Kier alpha value is -0.880.